The average molecular weight is 330 g/mol. The lowest BCUT2D eigenvalue weighted by Crippen LogP contribution is -2.05. The zero-order chi connectivity index (χ0) is 16.2. The second-order valence-electron chi connectivity index (χ2n) is 5.11. The molecule has 2 heterocycles. The van der Waals surface area contributed by atoms with E-state index in [-0.39, 0.29) is 6.61 Å². The normalized spacial score (nSPS) is 10.6. The third-order valence-corrected chi connectivity index (χ3v) is 3.30. The number of ether oxygens (including phenoxy) is 1. The Morgan fingerprint density at radius 1 is 1.09 bits per heavy atom. The first-order chi connectivity index (χ1) is 11.1. The van der Waals surface area contributed by atoms with Gasteiger partial charge in [0.05, 0.1) is 0 Å². The number of halogens is 1. The molecule has 1 aromatic carbocycles. The molecule has 3 aromatic rings. The zero-order valence-electron chi connectivity index (χ0n) is 12.8. The van der Waals surface area contributed by atoms with E-state index in [4.69, 9.17) is 16.3 Å². The Morgan fingerprint density at radius 2 is 1.87 bits per heavy atom. The monoisotopic (exact) mass is 329 g/mol. The standard InChI is InChI=1S/C16H16ClN5O/c1-10-7-14(19-15-8-11(2)21-22-15)20-16(18-10)9-23-13-5-3-12(17)4-6-13/h3-8H,9H2,1-2H3,(H2,18,19,20,21,22). The van der Waals surface area contributed by atoms with Gasteiger partial charge < -0.3 is 10.1 Å². The van der Waals surface area contributed by atoms with Gasteiger partial charge in [-0.1, -0.05) is 11.6 Å². The van der Waals surface area contributed by atoms with E-state index in [2.05, 4.69) is 25.5 Å². The topological polar surface area (TPSA) is 75.7 Å². The van der Waals surface area contributed by atoms with Gasteiger partial charge in [0, 0.05) is 28.5 Å². The molecule has 0 atom stereocenters. The number of nitrogens with one attached hydrogen (secondary N) is 2. The van der Waals surface area contributed by atoms with Crippen LogP contribution < -0.4 is 10.1 Å². The molecule has 7 heteroatoms. The van der Waals surface area contributed by atoms with E-state index in [1.165, 1.54) is 0 Å². The molecule has 0 saturated heterocycles. The Hall–Kier alpha value is -2.60. The average Bonchev–Trinajstić information content (AvgIpc) is 2.91. The van der Waals surface area contributed by atoms with E-state index in [9.17, 15) is 0 Å². The molecular formula is C16H16ClN5O. The first-order valence-corrected chi connectivity index (χ1v) is 7.48. The third-order valence-electron chi connectivity index (χ3n) is 3.04. The predicted octanol–water partition coefficient (Wildman–Crippen LogP) is 3.79. The molecule has 0 bridgehead atoms. The van der Waals surface area contributed by atoms with Crippen molar-refractivity contribution in [3.8, 4) is 5.75 Å². The SMILES string of the molecule is Cc1cc(Nc2cc(C)[nH]n2)nc(COc2ccc(Cl)cc2)n1. The van der Waals surface area contributed by atoms with Crippen molar-refractivity contribution in [1.29, 1.82) is 0 Å². The maximum atomic E-state index is 5.85. The van der Waals surface area contributed by atoms with Crippen molar-refractivity contribution in [2.75, 3.05) is 5.32 Å². The molecule has 2 N–H and O–H groups in total. The van der Waals surface area contributed by atoms with Crippen molar-refractivity contribution < 1.29 is 4.74 Å². The number of nitrogens with zero attached hydrogens (tertiary/aromatic N) is 3. The molecule has 0 aliphatic carbocycles. The maximum absolute atomic E-state index is 5.85. The highest BCUT2D eigenvalue weighted by atomic mass is 35.5. The minimum absolute atomic E-state index is 0.275. The predicted molar refractivity (Wildman–Crippen MR) is 89.2 cm³/mol. The fraction of sp³-hybridized carbons (Fsp3) is 0.188. The van der Waals surface area contributed by atoms with Crippen LogP contribution in [0.15, 0.2) is 36.4 Å². The summed E-state index contributed by atoms with van der Waals surface area (Å²) in [5, 5.41) is 10.8. The quantitative estimate of drug-likeness (QED) is 0.744. The number of rotatable bonds is 5. The van der Waals surface area contributed by atoms with Crippen molar-refractivity contribution in [2.24, 2.45) is 0 Å². The Labute approximate surface area is 138 Å². The Kier molecular flexibility index (Phi) is 4.43. The van der Waals surface area contributed by atoms with E-state index >= 15 is 0 Å². The molecule has 0 saturated carbocycles. The maximum Gasteiger partial charge on any atom is 0.168 e. The van der Waals surface area contributed by atoms with Crippen molar-refractivity contribution in [2.45, 2.75) is 20.5 Å². The van der Waals surface area contributed by atoms with Gasteiger partial charge >= 0.3 is 0 Å². The number of hydrogen-bond acceptors (Lipinski definition) is 5. The van der Waals surface area contributed by atoms with Gasteiger partial charge in [0.15, 0.2) is 11.6 Å². The van der Waals surface area contributed by atoms with Gasteiger partial charge in [-0.3, -0.25) is 5.10 Å². The third kappa shape index (κ3) is 4.20. The summed E-state index contributed by atoms with van der Waals surface area (Å²) in [5.41, 5.74) is 1.83. The second-order valence-corrected chi connectivity index (χ2v) is 5.55. The number of aromatic amines is 1. The number of aromatic nitrogens is 4. The summed E-state index contributed by atoms with van der Waals surface area (Å²) in [5.74, 6) is 2.70. The van der Waals surface area contributed by atoms with Crippen LogP contribution in [0.4, 0.5) is 11.6 Å². The van der Waals surface area contributed by atoms with E-state index in [0.29, 0.717) is 22.5 Å². The molecule has 2 aromatic heterocycles. The van der Waals surface area contributed by atoms with Gasteiger partial charge in [0.25, 0.3) is 0 Å². The smallest absolute Gasteiger partial charge is 0.168 e. The highest BCUT2D eigenvalue weighted by molar-refractivity contribution is 6.30. The van der Waals surface area contributed by atoms with Crippen LogP contribution in [0.25, 0.3) is 0 Å². The molecule has 0 fully saturated rings. The van der Waals surface area contributed by atoms with E-state index in [0.717, 1.165) is 17.1 Å². The van der Waals surface area contributed by atoms with Gasteiger partial charge in [-0.25, -0.2) is 9.97 Å². The Bertz CT molecular complexity index is 800. The summed E-state index contributed by atoms with van der Waals surface area (Å²) in [7, 11) is 0. The summed E-state index contributed by atoms with van der Waals surface area (Å²) < 4.78 is 5.68. The number of H-pyrrole nitrogens is 1. The lowest BCUT2D eigenvalue weighted by Gasteiger charge is -2.08. The molecule has 0 radical (unpaired) electrons. The van der Waals surface area contributed by atoms with Crippen LogP contribution in [0, 0.1) is 13.8 Å². The second kappa shape index (κ2) is 6.66. The summed E-state index contributed by atoms with van der Waals surface area (Å²) in [6.45, 7) is 4.13. The molecule has 0 spiro atoms. The van der Waals surface area contributed by atoms with Crippen molar-refractivity contribution in [1.82, 2.24) is 20.2 Å². The van der Waals surface area contributed by atoms with Crippen LogP contribution in [-0.4, -0.2) is 20.2 Å². The van der Waals surface area contributed by atoms with Crippen LogP contribution in [0.2, 0.25) is 5.02 Å². The molecule has 0 aliphatic rings. The van der Waals surface area contributed by atoms with Gasteiger partial charge in [0.2, 0.25) is 0 Å². The van der Waals surface area contributed by atoms with Crippen LogP contribution in [0.5, 0.6) is 5.75 Å². The number of anilines is 2. The first-order valence-electron chi connectivity index (χ1n) is 7.10. The van der Waals surface area contributed by atoms with Crippen molar-refractivity contribution in [3.63, 3.8) is 0 Å². The lowest BCUT2D eigenvalue weighted by molar-refractivity contribution is 0.295. The van der Waals surface area contributed by atoms with Crippen LogP contribution in [0.3, 0.4) is 0 Å². The highest BCUT2D eigenvalue weighted by Gasteiger charge is 2.06. The minimum atomic E-state index is 0.275. The van der Waals surface area contributed by atoms with Crippen molar-refractivity contribution in [3.05, 3.63) is 58.6 Å². The Balaban J connectivity index is 1.70. The molecule has 118 valence electrons. The zero-order valence-corrected chi connectivity index (χ0v) is 13.6. The van der Waals surface area contributed by atoms with E-state index < -0.39 is 0 Å². The van der Waals surface area contributed by atoms with Gasteiger partial charge in [-0.15, -0.1) is 0 Å². The molecule has 6 nitrogen and oxygen atoms in total. The summed E-state index contributed by atoms with van der Waals surface area (Å²) in [6, 6.07) is 10.9. The number of hydrogen-bond donors (Lipinski definition) is 2. The number of benzene rings is 1. The van der Waals surface area contributed by atoms with Gasteiger partial charge in [-0.2, -0.15) is 5.10 Å². The fourth-order valence-electron chi connectivity index (χ4n) is 2.05. The Morgan fingerprint density at radius 3 is 2.57 bits per heavy atom. The van der Waals surface area contributed by atoms with E-state index in [1.54, 1.807) is 12.1 Å². The van der Waals surface area contributed by atoms with E-state index in [1.807, 2.05) is 38.1 Å². The van der Waals surface area contributed by atoms with Gasteiger partial charge in [0.1, 0.15) is 18.2 Å². The first kappa shape index (κ1) is 15.3. The fourth-order valence-corrected chi connectivity index (χ4v) is 2.18. The summed E-state index contributed by atoms with van der Waals surface area (Å²) in [6.07, 6.45) is 0. The largest absolute Gasteiger partial charge is 0.486 e. The molecule has 0 aliphatic heterocycles. The number of aryl methyl sites for hydroxylation is 2. The minimum Gasteiger partial charge on any atom is -0.486 e. The molecule has 0 unspecified atom stereocenters. The summed E-state index contributed by atoms with van der Waals surface area (Å²) >= 11 is 5.85. The van der Waals surface area contributed by atoms with Crippen LogP contribution in [-0.2, 0) is 6.61 Å². The summed E-state index contributed by atoms with van der Waals surface area (Å²) in [4.78, 5) is 8.83. The molecule has 0 amide bonds. The highest BCUT2D eigenvalue weighted by Crippen LogP contribution is 2.18. The molecule has 23 heavy (non-hydrogen) atoms. The van der Waals surface area contributed by atoms with Crippen LogP contribution >= 0.6 is 11.6 Å². The van der Waals surface area contributed by atoms with Crippen LogP contribution in [0.1, 0.15) is 17.2 Å². The molecule has 3 rings (SSSR count). The van der Waals surface area contributed by atoms with Crippen molar-refractivity contribution >= 4 is 23.2 Å². The van der Waals surface area contributed by atoms with Gasteiger partial charge in [-0.05, 0) is 38.1 Å². The lowest BCUT2D eigenvalue weighted by atomic mass is 10.3. The molecular weight excluding hydrogens is 314 g/mol.